The number of nitrogens with one attached hydrogen (secondary N) is 2. The molecule has 0 spiro atoms. The van der Waals surface area contributed by atoms with Gasteiger partial charge in [-0.3, -0.25) is 4.79 Å². The Morgan fingerprint density at radius 3 is 2.32 bits per heavy atom. The number of hydrogen-bond donors (Lipinski definition) is 1. The molecule has 2 aromatic carbocycles. The van der Waals surface area contributed by atoms with Crippen molar-refractivity contribution in [2.24, 2.45) is 0 Å². The zero-order chi connectivity index (χ0) is 19.8. The molecule has 28 heavy (non-hydrogen) atoms. The summed E-state index contributed by atoms with van der Waals surface area (Å²) < 4.78 is 33.8. The van der Waals surface area contributed by atoms with E-state index < -0.39 is 10.0 Å². The van der Waals surface area contributed by atoms with Crippen molar-refractivity contribution in [1.82, 2.24) is 5.32 Å². The lowest BCUT2D eigenvalue weighted by Gasteiger charge is -2.21. The van der Waals surface area contributed by atoms with Crippen LogP contribution in [-0.2, 0) is 21.4 Å². The van der Waals surface area contributed by atoms with Crippen LogP contribution in [-0.4, -0.2) is 20.9 Å². The molecule has 0 radical (unpaired) electrons. The van der Waals surface area contributed by atoms with Gasteiger partial charge in [0.1, 0.15) is 15.8 Å². The molecule has 0 saturated carbocycles. The van der Waals surface area contributed by atoms with Crippen molar-refractivity contribution in [2.45, 2.75) is 11.4 Å². The minimum absolute atomic E-state index is 0.0500. The van der Waals surface area contributed by atoms with Gasteiger partial charge in [0.05, 0.1) is 4.90 Å². The van der Waals surface area contributed by atoms with Crippen LogP contribution in [0.5, 0.6) is 5.75 Å². The average Bonchev–Trinajstić information content (AvgIpc) is 2.72. The average molecular weight is 397 g/mol. The summed E-state index contributed by atoms with van der Waals surface area (Å²) in [4.78, 5) is 14.8. The van der Waals surface area contributed by atoms with Crippen LogP contribution in [0.4, 0.5) is 5.69 Å². The van der Waals surface area contributed by atoms with Crippen molar-refractivity contribution in [3.8, 4) is 5.75 Å². The maximum absolute atomic E-state index is 12.3. The van der Waals surface area contributed by atoms with E-state index in [-0.39, 0.29) is 17.4 Å². The molecule has 1 amide bonds. The first-order chi connectivity index (χ1) is 13.5. The highest BCUT2D eigenvalue weighted by Crippen LogP contribution is 2.28. The van der Waals surface area contributed by atoms with E-state index in [0.29, 0.717) is 18.0 Å². The van der Waals surface area contributed by atoms with E-state index in [1.165, 1.54) is 24.3 Å². The molecule has 2 N–H and O–H groups in total. The molecule has 1 heterocycles. The first-order valence-electron chi connectivity index (χ1n) is 8.50. The normalized spacial score (nSPS) is 10.9. The number of amides is 1. The third-order valence-corrected chi connectivity index (χ3v) is 5.07. The topological polar surface area (TPSA) is 101 Å². The first kappa shape index (κ1) is 19.4. The van der Waals surface area contributed by atoms with E-state index in [1.807, 2.05) is 12.1 Å². The van der Waals surface area contributed by atoms with Crippen molar-refractivity contribution in [1.29, 1.82) is 0 Å². The van der Waals surface area contributed by atoms with Gasteiger partial charge in [-0.2, -0.15) is 0 Å². The van der Waals surface area contributed by atoms with Gasteiger partial charge < -0.3 is 14.8 Å². The zero-order valence-electron chi connectivity index (χ0n) is 14.9. The van der Waals surface area contributed by atoms with Crippen LogP contribution in [0.1, 0.15) is 5.56 Å². The van der Waals surface area contributed by atoms with Gasteiger partial charge in [0.2, 0.25) is 0 Å². The molecule has 8 heteroatoms. The Labute approximate surface area is 163 Å². The summed E-state index contributed by atoms with van der Waals surface area (Å²) in [5.74, 6) is 0.117. The van der Waals surface area contributed by atoms with Crippen molar-refractivity contribution in [2.75, 3.05) is 6.61 Å². The molecule has 0 aliphatic heterocycles. The Morgan fingerprint density at radius 1 is 0.964 bits per heavy atom. The number of aromatic amines is 1. The minimum Gasteiger partial charge on any atom is -0.573 e. The number of carbonyl (C=O) groups excluding carboxylic acids is 1. The second-order valence-corrected chi connectivity index (χ2v) is 7.45. The highest BCUT2D eigenvalue weighted by molar-refractivity contribution is 7.94. The van der Waals surface area contributed by atoms with E-state index in [1.54, 1.807) is 42.7 Å². The second-order valence-electron chi connectivity index (χ2n) is 5.85. The number of sulfonamides is 1. The molecular weight excluding hydrogens is 378 g/mol. The number of H-pyrrole nitrogens is 1. The zero-order valence-corrected chi connectivity index (χ0v) is 15.7. The predicted octanol–water partition coefficient (Wildman–Crippen LogP) is 2.59. The van der Waals surface area contributed by atoms with Crippen molar-refractivity contribution in [3.05, 3.63) is 89.4 Å². The maximum Gasteiger partial charge on any atom is 0.258 e. The van der Waals surface area contributed by atoms with Gasteiger partial charge in [0.25, 0.3) is 5.91 Å². The number of benzene rings is 2. The lowest BCUT2D eigenvalue weighted by Crippen LogP contribution is -2.28. The van der Waals surface area contributed by atoms with E-state index in [9.17, 15) is 13.2 Å². The smallest absolute Gasteiger partial charge is 0.258 e. The number of carbonyl (C=O) groups is 1. The molecule has 0 atom stereocenters. The highest BCUT2D eigenvalue weighted by atomic mass is 32.2. The van der Waals surface area contributed by atoms with E-state index in [0.717, 1.165) is 5.56 Å². The van der Waals surface area contributed by atoms with Crippen molar-refractivity contribution in [3.63, 3.8) is 0 Å². The number of pyridine rings is 1. The molecule has 0 bridgehead atoms. The monoisotopic (exact) mass is 397 g/mol. The lowest BCUT2D eigenvalue weighted by atomic mass is 10.3. The van der Waals surface area contributed by atoms with E-state index in [4.69, 9.17) is 4.74 Å². The Kier molecular flexibility index (Phi) is 6.23. The van der Waals surface area contributed by atoms with Gasteiger partial charge in [0.15, 0.2) is 19.0 Å². The summed E-state index contributed by atoms with van der Waals surface area (Å²) in [7, 11) is -3.81. The van der Waals surface area contributed by atoms with Gasteiger partial charge in [0, 0.05) is 18.7 Å². The molecule has 0 saturated heterocycles. The third-order valence-electron chi connectivity index (χ3n) is 3.75. The molecule has 7 nitrogen and oxygen atoms in total. The van der Waals surface area contributed by atoms with Crippen LogP contribution in [0.25, 0.3) is 4.72 Å². The van der Waals surface area contributed by atoms with Crippen molar-refractivity contribution < 1.29 is 22.9 Å². The number of nitrogens with zero attached hydrogens (tertiary/aromatic N) is 1. The highest BCUT2D eigenvalue weighted by Gasteiger charge is 2.07. The van der Waals surface area contributed by atoms with Gasteiger partial charge in [-0.25, -0.2) is 13.4 Å². The van der Waals surface area contributed by atoms with Crippen LogP contribution in [0, 0.1) is 0 Å². The van der Waals surface area contributed by atoms with Gasteiger partial charge in [-0.1, -0.05) is 30.3 Å². The molecule has 0 unspecified atom stereocenters. The van der Waals surface area contributed by atoms with Crippen LogP contribution < -0.4 is 15.0 Å². The fraction of sp³-hybridized carbons (Fsp3) is 0.100. The number of hydrogen-bond acceptors (Lipinski definition) is 4. The van der Waals surface area contributed by atoms with E-state index >= 15 is 0 Å². The maximum atomic E-state index is 12.3. The Balaban J connectivity index is 1.52. The Hall–Kier alpha value is -3.39. The number of ether oxygens (including phenoxy) is 1. The summed E-state index contributed by atoms with van der Waals surface area (Å²) in [5.41, 5.74) is 1.32. The summed E-state index contributed by atoms with van der Waals surface area (Å²) in [5, 5.41) is 2.74. The fourth-order valence-corrected chi connectivity index (χ4v) is 3.31. The van der Waals surface area contributed by atoms with Crippen LogP contribution in [0.3, 0.4) is 0 Å². The predicted molar refractivity (Wildman–Crippen MR) is 103 cm³/mol. The van der Waals surface area contributed by atoms with Crippen LogP contribution >= 0.6 is 0 Å². The number of aromatic nitrogens is 1. The Morgan fingerprint density at radius 2 is 1.64 bits per heavy atom. The van der Waals surface area contributed by atoms with E-state index in [2.05, 4.69) is 15.0 Å². The quantitative estimate of drug-likeness (QED) is 0.631. The van der Waals surface area contributed by atoms with Gasteiger partial charge in [-0.15, -0.1) is 5.69 Å². The first-order valence-corrected chi connectivity index (χ1v) is 9.94. The Bertz CT molecular complexity index is 1010. The minimum atomic E-state index is -3.81. The molecule has 1 aromatic heterocycles. The van der Waals surface area contributed by atoms with Crippen LogP contribution in [0.15, 0.2) is 84.0 Å². The number of rotatable bonds is 8. The SMILES string of the molecule is O=C(COc1ccc(S(=O)(=O)[N-]c2ccccc2)cc1)NCc1cc[nH+]cc1. The summed E-state index contributed by atoms with van der Waals surface area (Å²) in [6.07, 6.45) is 3.55. The summed E-state index contributed by atoms with van der Waals surface area (Å²) in [6, 6.07) is 17.9. The molecule has 0 aliphatic rings. The fourth-order valence-electron chi connectivity index (χ4n) is 2.33. The molecular formula is C20H19N3O4S. The molecule has 0 fully saturated rings. The van der Waals surface area contributed by atoms with Crippen LogP contribution in [0.2, 0.25) is 0 Å². The lowest BCUT2D eigenvalue weighted by molar-refractivity contribution is -0.378. The summed E-state index contributed by atoms with van der Waals surface area (Å²) >= 11 is 0. The molecule has 0 aliphatic carbocycles. The van der Waals surface area contributed by atoms with Gasteiger partial charge >= 0.3 is 0 Å². The standard InChI is InChI=1S/C20H18N3O4S/c24-20(22-14-16-10-12-21-13-11-16)15-27-18-6-8-19(9-7-18)28(25,26)23-17-4-2-1-3-5-17/h1-13H,14-15H2,(H,22,24)/q-1/p+1. The largest absolute Gasteiger partial charge is 0.573 e. The third kappa shape index (κ3) is 5.55. The van der Waals surface area contributed by atoms with Crippen molar-refractivity contribution >= 4 is 21.6 Å². The van der Waals surface area contributed by atoms with Gasteiger partial charge in [-0.05, 0) is 29.8 Å². The molecule has 3 aromatic rings. The second kappa shape index (κ2) is 9.01. The molecule has 144 valence electrons. The summed E-state index contributed by atoms with van der Waals surface area (Å²) in [6.45, 7) is 0.231. The molecule has 3 rings (SSSR count).